The molecule has 2 unspecified atom stereocenters. The molecule has 11 heteroatoms. The highest BCUT2D eigenvalue weighted by Gasteiger charge is 2.44. The number of hydrogen-bond donors (Lipinski definition) is 4. The fourth-order valence-electron chi connectivity index (χ4n) is 3.92. The third-order valence-electron chi connectivity index (χ3n) is 5.57. The molecular formula is C19H22ClFN6O3. The molecule has 1 saturated carbocycles. The predicted molar refractivity (Wildman–Crippen MR) is 110 cm³/mol. The molecule has 30 heavy (non-hydrogen) atoms. The number of fused-ring (bicyclic) bond motifs is 1. The molecular weight excluding hydrogens is 415 g/mol. The summed E-state index contributed by atoms with van der Waals surface area (Å²) in [4.78, 5) is 23.0. The largest absolute Gasteiger partial charge is 0.390 e. The molecule has 5 atom stereocenters. The molecule has 1 aliphatic carbocycles. The average molecular weight is 437 g/mol. The summed E-state index contributed by atoms with van der Waals surface area (Å²) in [6.07, 6.45) is 0.155. The van der Waals surface area contributed by atoms with E-state index < -0.39 is 30.1 Å². The SMILES string of the molecule is CN(Cc1cc(F)ccc1Cl)C(=O)C1=NNC2=NC=NC(N[C@@H]3CC[C@@H](O)[C@H]3O)C21. The Labute approximate surface area is 177 Å². The summed E-state index contributed by atoms with van der Waals surface area (Å²) < 4.78 is 13.6. The molecule has 2 aliphatic heterocycles. The van der Waals surface area contributed by atoms with Crippen LogP contribution in [0, 0.1) is 11.7 Å². The van der Waals surface area contributed by atoms with E-state index in [0.717, 1.165) is 0 Å². The second kappa shape index (κ2) is 8.38. The molecule has 1 amide bonds. The standard InChI is InChI=1S/C19H22ClFN6O3/c1-27(7-9-6-10(21)2-3-11(9)20)19(30)15-14-17(22-8-23-18(14)26-25-15)24-12-4-5-13(28)16(12)29/h2-3,6,8,12-14,16-17,24,28-29H,4-5,7H2,1H3,(H,22,23,26)/t12-,13-,14?,16+,17?/m1/s1. The molecule has 2 heterocycles. The first-order valence-corrected chi connectivity index (χ1v) is 9.97. The zero-order valence-corrected chi connectivity index (χ0v) is 16.9. The Bertz CT molecular complexity index is 939. The molecule has 3 aliphatic rings. The number of amidine groups is 1. The maximum Gasteiger partial charge on any atom is 0.271 e. The number of aliphatic imine (C=N–C) groups is 2. The number of nitrogens with one attached hydrogen (secondary N) is 2. The van der Waals surface area contributed by atoms with E-state index in [0.29, 0.717) is 29.3 Å². The van der Waals surface area contributed by atoms with Crippen molar-refractivity contribution < 1.29 is 19.4 Å². The maximum atomic E-state index is 13.6. The normalized spacial score (nSPS) is 29.8. The second-order valence-corrected chi connectivity index (χ2v) is 8.02. The van der Waals surface area contributed by atoms with Gasteiger partial charge in [0, 0.05) is 24.7 Å². The van der Waals surface area contributed by atoms with E-state index in [1.54, 1.807) is 7.05 Å². The number of carbonyl (C=O) groups excluding carboxylic acids is 1. The van der Waals surface area contributed by atoms with Crippen LogP contribution < -0.4 is 10.7 Å². The van der Waals surface area contributed by atoms with Gasteiger partial charge < -0.3 is 15.1 Å². The molecule has 0 saturated heterocycles. The van der Waals surface area contributed by atoms with Crippen LogP contribution in [0.4, 0.5) is 4.39 Å². The summed E-state index contributed by atoms with van der Waals surface area (Å²) in [5.74, 6) is -0.921. The van der Waals surface area contributed by atoms with Gasteiger partial charge in [0.1, 0.15) is 35.8 Å². The zero-order chi connectivity index (χ0) is 21.4. The highest BCUT2D eigenvalue weighted by molar-refractivity contribution is 6.45. The van der Waals surface area contributed by atoms with Crippen molar-refractivity contribution in [3.63, 3.8) is 0 Å². The van der Waals surface area contributed by atoms with E-state index in [1.165, 1.54) is 29.4 Å². The molecule has 9 nitrogen and oxygen atoms in total. The lowest BCUT2D eigenvalue weighted by Gasteiger charge is -2.29. The van der Waals surface area contributed by atoms with Gasteiger partial charge in [0.2, 0.25) is 0 Å². The predicted octanol–water partition coefficient (Wildman–Crippen LogP) is 0.253. The topological polar surface area (TPSA) is 122 Å². The summed E-state index contributed by atoms with van der Waals surface area (Å²) in [6.45, 7) is 0.0997. The number of carbonyl (C=O) groups is 1. The molecule has 0 bridgehead atoms. The van der Waals surface area contributed by atoms with E-state index in [-0.39, 0.29) is 24.2 Å². The molecule has 1 aromatic carbocycles. The molecule has 1 fully saturated rings. The molecule has 160 valence electrons. The average Bonchev–Trinajstić information content (AvgIpc) is 3.29. The van der Waals surface area contributed by atoms with Gasteiger partial charge in [-0.3, -0.25) is 20.5 Å². The van der Waals surface area contributed by atoms with Crippen LogP contribution in [0.25, 0.3) is 0 Å². The van der Waals surface area contributed by atoms with Crippen LogP contribution in [-0.4, -0.2) is 70.4 Å². The van der Waals surface area contributed by atoms with Crippen molar-refractivity contribution >= 4 is 35.4 Å². The van der Waals surface area contributed by atoms with Gasteiger partial charge in [0.05, 0.1) is 12.2 Å². The summed E-state index contributed by atoms with van der Waals surface area (Å²) in [7, 11) is 1.58. The summed E-state index contributed by atoms with van der Waals surface area (Å²) in [5, 5.41) is 27.7. The van der Waals surface area contributed by atoms with Crippen LogP contribution in [-0.2, 0) is 11.3 Å². The van der Waals surface area contributed by atoms with Crippen molar-refractivity contribution in [3.8, 4) is 0 Å². The van der Waals surface area contributed by atoms with Crippen LogP contribution >= 0.6 is 11.6 Å². The lowest BCUT2D eigenvalue weighted by atomic mass is 9.96. The van der Waals surface area contributed by atoms with Crippen molar-refractivity contribution in [2.75, 3.05) is 7.05 Å². The minimum absolute atomic E-state index is 0.0997. The van der Waals surface area contributed by atoms with Crippen molar-refractivity contribution in [1.82, 2.24) is 15.6 Å². The number of rotatable bonds is 5. The van der Waals surface area contributed by atoms with Crippen LogP contribution in [0.2, 0.25) is 5.02 Å². The first-order valence-electron chi connectivity index (χ1n) is 9.59. The van der Waals surface area contributed by atoms with Gasteiger partial charge in [-0.15, -0.1) is 0 Å². The molecule has 0 spiro atoms. The number of hydrogen-bond acceptors (Lipinski definition) is 8. The maximum absolute atomic E-state index is 13.6. The van der Waals surface area contributed by atoms with Crippen molar-refractivity contribution in [1.29, 1.82) is 0 Å². The smallest absolute Gasteiger partial charge is 0.271 e. The number of halogens is 2. The molecule has 4 N–H and O–H groups in total. The van der Waals surface area contributed by atoms with Gasteiger partial charge in [-0.25, -0.2) is 9.38 Å². The first kappa shape index (κ1) is 20.9. The summed E-state index contributed by atoms with van der Waals surface area (Å²) in [5.41, 5.74) is 3.44. The van der Waals surface area contributed by atoms with E-state index >= 15 is 0 Å². The second-order valence-electron chi connectivity index (χ2n) is 7.62. The lowest BCUT2D eigenvalue weighted by Crippen LogP contribution is -2.53. The van der Waals surface area contributed by atoms with Gasteiger partial charge in [-0.05, 0) is 36.6 Å². The summed E-state index contributed by atoms with van der Waals surface area (Å²) in [6, 6.07) is 3.63. The number of aliphatic hydroxyl groups is 2. The third-order valence-corrected chi connectivity index (χ3v) is 5.93. The van der Waals surface area contributed by atoms with Gasteiger partial charge in [-0.1, -0.05) is 11.6 Å². The van der Waals surface area contributed by atoms with Gasteiger partial charge >= 0.3 is 0 Å². The van der Waals surface area contributed by atoms with Gasteiger partial charge in [0.25, 0.3) is 5.91 Å². The summed E-state index contributed by atoms with van der Waals surface area (Å²) >= 11 is 6.12. The Kier molecular flexibility index (Phi) is 5.83. The number of nitrogens with zero attached hydrogens (tertiary/aromatic N) is 4. The molecule has 1 aromatic rings. The number of benzene rings is 1. The van der Waals surface area contributed by atoms with Crippen molar-refractivity contribution in [3.05, 3.63) is 34.6 Å². The Hall–Kier alpha value is -2.40. The molecule has 0 radical (unpaired) electrons. The lowest BCUT2D eigenvalue weighted by molar-refractivity contribution is -0.123. The minimum Gasteiger partial charge on any atom is -0.390 e. The van der Waals surface area contributed by atoms with Crippen LogP contribution in [0.1, 0.15) is 18.4 Å². The number of amides is 1. The highest BCUT2D eigenvalue weighted by Crippen LogP contribution is 2.25. The fraction of sp³-hybridized carbons (Fsp3) is 0.474. The Morgan fingerprint density at radius 3 is 2.93 bits per heavy atom. The minimum atomic E-state index is -0.911. The van der Waals surface area contributed by atoms with E-state index in [9.17, 15) is 19.4 Å². The third kappa shape index (κ3) is 3.95. The zero-order valence-electron chi connectivity index (χ0n) is 16.2. The Morgan fingerprint density at radius 1 is 1.40 bits per heavy atom. The Morgan fingerprint density at radius 2 is 2.20 bits per heavy atom. The van der Waals surface area contributed by atoms with Crippen LogP contribution in [0.5, 0.6) is 0 Å². The molecule has 0 aromatic heterocycles. The Balaban J connectivity index is 1.49. The first-order chi connectivity index (χ1) is 14.3. The van der Waals surface area contributed by atoms with Crippen molar-refractivity contribution in [2.24, 2.45) is 21.0 Å². The highest BCUT2D eigenvalue weighted by atomic mass is 35.5. The van der Waals surface area contributed by atoms with Crippen LogP contribution in [0.15, 0.2) is 33.3 Å². The van der Waals surface area contributed by atoms with Gasteiger partial charge in [-0.2, -0.15) is 5.10 Å². The van der Waals surface area contributed by atoms with E-state index in [1.807, 2.05) is 0 Å². The number of hydrazone groups is 1. The van der Waals surface area contributed by atoms with E-state index in [4.69, 9.17) is 11.6 Å². The molecule has 4 rings (SSSR count). The monoisotopic (exact) mass is 436 g/mol. The quantitative estimate of drug-likeness (QED) is 0.527. The number of aliphatic hydroxyl groups excluding tert-OH is 2. The van der Waals surface area contributed by atoms with Gasteiger partial charge in [0.15, 0.2) is 0 Å². The fourth-order valence-corrected chi connectivity index (χ4v) is 4.09. The van der Waals surface area contributed by atoms with Crippen LogP contribution in [0.3, 0.4) is 0 Å². The van der Waals surface area contributed by atoms with Crippen molar-refractivity contribution in [2.45, 2.75) is 43.8 Å². The van der Waals surface area contributed by atoms with E-state index in [2.05, 4.69) is 25.8 Å².